The van der Waals surface area contributed by atoms with Crippen LogP contribution in [0.4, 0.5) is 5.69 Å². The van der Waals surface area contributed by atoms with Gasteiger partial charge in [0, 0.05) is 42.7 Å². The summed E-state index contributed by atoms with van der Waals surface area (Å²) in [6.07, 6.45) is 5.97. The van der Waals surface area contributed by atoms with E-state index in [0.717, 1.165) is 43.1 Å². The summed E-state index contributed by atoms with van der Waals surface area (Å²) in [5.41, 5.74) is 1.14. The number of unbranched alkanes of at least 4 members (excludes halogenated alkanes) is 3. The Morgan fingerprint density at radius 1 is 1.23 bits per heavy atom. The molecule has 1 heterocycles. The van der Waals surface area contributed by atoms with Crippen LogP contribution in [0, 0.1) is 10.1 Å². The van der Waals surface area contributed by atoms with Crippen LogP contribution < -0.4 is 0 Å². The van der Waals surface area contributed by atoms with Gasteiger partial charge in [-0.15, -0.1) is 0 Å². The molecule has 0 unspecified atom stereocenters. The molecule has 0 aliphatic rings. The number of hydrogen-bond donors (Lipinski definition) is 0. The lowest BCUT2D eigenvalue weighted by molar-refractivity contribution is -0.384. The molecule has 0 saturated heterocycles. The molecule has 0 saturated carbocycles. The number of benzene rings is 1. The van der Waals surface area contributed by atoms with Crippen LogP contribution in [0.1, 0.15) is 32.6 Å². The third-order valence-corrected chi connectivity index (χ3v) is 3.56. The van der Waals surface area contributed by atoms with Crippen molar-refractivity contribution in [2.75, 3.05) is 6.61 Å². The lowest BCUT2D eigenvalue weighted by Gasteiger charge is -2.06. The van der Waals surface area contributed by atoms with Gasteiger partial charge in [0.05, 0.1) is 11.5 Å². The third kappa shape index (κ3) is 4.31. The predicted octanol–water partition coefficient (Wildman–Crippen LogP) is 3.67. The number of hydrogen-bond acceptors (Lipinski definition) is 4. The number of non-ortho nitro benzene ring substituents is 1. The quantitative estimate of drug-likeness (QED) is 0.323. The smallest absolute Gasteiger partial charge is 0.302 e. The van der Waals surface area contributed by atoms with E-state index in [1.165, 1.54) is 13.0 Å². The molecule has 0 amide bonds. The van der Waals surface area contributed by atoms with Gasteiger partial charge in [-0.2, -0.15) is 0 Å². The maximum Gasteiger partial charge on any atom is 0.302 e. The van der Waals surface area contributed by atoms with Crippen LogP contribution in [-0.2, 0) is 16.1 Å². The van der Waals surface area contributed by atoms with E-state index in [0.29, 0.717) is 6.61 Å². The zero-order valence-electron chi connectivity index (χ0n) is 12.7. The van der Waals surface area contributed by atoms with Gasteiger partial charge in [-0.3, -0.25) is 14.9 Å². The largest absolute Gasteiger partial charge is 0.466 e. The highest BCUT2D eigenvalue weighted by Crippen LogP contribution is 2.22. The minimum absolute atomic E-state index is 0.121. The van der Waals surface area contributed by atoms with Crippen LogP contribution in [-0.4, -0.2) is 22.1 Å². The van der Waals surface area contributed by atoms with Crippen molar-refractivity contribution in [3.8, 4) is 0 Å². The van der Waals surface area contributed by atoms with E-state index in [2.05, 4.69) is 4.57 Å². The zero-order chi connectivity index (χ0) is 15.9. The van der Waals surface area contributed by atoms with E-state index in [9.17, 15) is 14.9 Å². The molecule has 22 heavy (non-hydrogen) atoms. The van der Waals surface area contributed by atoms with Gasteiger partial charge in [-0.05, 0) is 31.4 Å². The van der Waals surface area contributed by atoms with Gasteiger partial charge in [0.2, 0.25) is 0 Å². The fourth-order valence-electron chi connectivity index (χ4n) is 2.45. The molecule has 6 heteroatoms. The Bertz CT molecular complexity index is 663. The molecule has 0 bridgehead atoms. The number of ether oxygens (including phenoxy) is 1. The Kier molecular flexibility index (Phi) is 5.52. The van der Waals surface area contributed by atoms with Gasteiger partial charge in [-0.25, -0.2) is 0 Å². The molecule has 1 aromatic carbocycles. The molecule has 0 radical (unpaired) electrons. The van der Waals surface area contributed by atoms with Crippen molar-refractivity contribution in [3.05, 3.63) is 40.6 Å². The van der Waals surface area contributed by atoms with Crippen LogP contribution in [0.5, 0.6) is 0 Å². The molecule has 118 valence electrons. The number of esters is 1. The molecule has 0 aliphatic carbocycles. The highest BCUT2D eigenvalue weighted by atomic mass is 16.6. The minimum atomic E-state index is -0.375. The Morgan fingerprint density at radius 3 is 2.73 bits per heavy atom. The van der Waals surface area contributed by atoms with Gasteiger partial charge in [0.1, 0.15) is 0 Å². The standard InChI is InChI=1S/C16H20N2O4/c1-13(19)22-11-5-3-2-4-9-17-10-8-14-12-15(18(20)21)6-7-16(14)17/h6-8,10,12H,2-5,9,11H2,1H3. The van der Waals surface area contributed by atoms with Crippen LogP contribution in [0.15, 0.2) is 30.5 Å². The highest BCUT2D eigenvalue weighted by molar-refractivity contribution is 5.82. The van der Waals surface area contributed by atoms with Gasteiger partial charge < -0.3 is 9.30 Å². The summed E-state index contributed by atoms with van der Waals surface area (Å²) in [4.78, 5) is 21.0. The first-order chi connectivity index (χ1) is 10.6. The van der Waals surface area contributed by atoms with Gasteiger partial charge in [-0.1, -0.05) is 6.42 Å². The molecular weight excluding hydrogens is 284 g/mol. The molecule has 0 fully saturated rings. The summed E-state index contributed by atoms with van der Waals surface area (Å²) >= 11 is 0. The number of aryl methyl sites for hydroxylation is 1. The van der Waals surface area contributed by atoms with Gasteiger partial charge in [0.25, 0.3) is 5.69 Å². The van der Waals surface area contributed by atoms with E-state index < -0.39 is 0 Å². The van der Waals surface area contributed by atoms with Crippen molar-refractivity contribution in [3.63, 3.8) is 0 Å². The van der Waals surface area contributed by atoms with Crippen molar-refractivity contribution in [1.82, 2.24) is 4.57 Å². The van der Waals surface area contributed by atoms with E-state index in [4.69, 9.17) is 4.74 Å². The second kappa shape index (κ2) is 7.59. The molecule has 0 N–H and O–H groups in total. The van der Waals surface area contributed by atoms with E-state index >= 15 is 0 Å². The number of carbonyl (C=O) groups is 1. The summed E-state index contributed by atoms with van der Waals surface area (Å²) < 4.78 is 7.00. The van der Waals surface area contributed by atoms with Crippen molar-refractivity contribution >= 4 is 22.6 Å². The Labute approximate surface area is 128 Å². The second-order valence-corrected chi connectivity index (χ2v) is 5.26. The molecule has 1 aromatic heterocycles. The van der Waals surface area contributed by atoms with Crippen molar-refractivity contribution in [1.29, 1.82) is 0 Å². The molecule has 2 aromatic rings. The Hall–Kier alpha value is -2.37. The number of nitrogens with zero attached hydrogens (tertiary/aromatic N) is 2. The molecular formula is C16H20N2O4. The molecule has 0 atom stereocenters. The normalized spacial score (nSPS) is 10.8. The molecule has 2 rings (SSSR count). The van der Waals surface area contributed by atoms with Crippen LogP contribution in [0.25, 0.3) is 10.9 Å². The predicted molar refractivity (Wildman–Crippen MR) is 83.7 cm³/mol. The van der Waals surface area contributed by atoms with Crippen LogP contribution in [0.2, 0.25) is 0 Å². The maximum absolute atomic E-state index is 10.8. The third-order valence-electron chi connectivity index (χ3n) is 3.56. The molecule has 0 aliphatic heterocycles. The second-order valence-electron chi connectivity index (χ2n) is 5.26. The molecule has 0 spiro atoms. The number of carbonyl (C=O) groups excluding carboxylic acids is 1. The Morgan fingerprint density at radius 2 is 2.00 bits per heavy atom. The zero-order valence-corrected chi connectivity index (χ0v) is 12.7. The summed E-state index contributed by atoms with van der Waals surface area (Å²) in [6, 6.07) is 6.85. The summed E-state index contributed by atoms with van der Waals surface area (Å²) in [5.74, 6) is -0.229. The van der Waals surface area contributed by atoms with E-state index in [1.54, 1.807) is 12.1 Å². The lowest BCUT2D eigenvalue weighted by atomic mass is 10.2. The number of fused-ring (bicyclic) bond motifs is 1. The minimum Gasteiger partial charge on any atom is -0.466 e. The number of nitro benzene ring substituents is 1. The van der Waals surface area contributed by atoms with Crippen molar-refractivity contribution in [2.24, 2.45) is 0 Å². The lowest BCUT2D eigenvalue weighted by Crippen LogP contribution is -2.01. The van der Waals surface area contributed by atoms with Crippen LogP contribution in [0.3, 0.4) is 0 Å². The Balaban J connectivity index is 1.80. The van der Waals surface area contributed by atoms with Crippen molar-refractivity contribution in [2.45, 2.75) is 39.2 Å². The first kappa shape index (κ1) is 16.0. The van der Waals surface area contributed by atoms with Crippen LogP contribution >= 0.6 is 0 Å². The topological polar surface area (TPSA) is 74.4 Å². The number of nitro groups is 1. The molecule has 6 nitrogen and oxygen atoms in total. The summed E-state index contributed by atoms with van der Waals surface area (Å²) in [6.45, 7) is 2.79. The van der Waals surface area contributed by atoms with Crippen molar-refractivity contribution < 1.29 is 14.5 Å². The number of aromatic nitrogens is 1. The fourth-order valence-corrected chi connectivity index (χ4v) is 2.45. The average Bonchev–Trinajstić information content (AvgIpc) is 2.88. The average molecular weight is 304 g/mol. The summed E-state index contributed by atoms with van der Waals surface area (Å²) in [7, 11) is 0. The first-order valence-electron chi connectivity index (χ1n) is 7.44. The maximum atomic E-state index is 10.8. The van der Waals surface area contributed by atoms with E-state index in [1.807, 2.05) is 12.3 Å². The summed E-state index contributed by atoms with van der Waals surface area (Å²) in [5, 5.41) is 11.7. The van der Waals surface area contributed by atoms with E-state index in [-0.39, 0.29) is 16.6 Å². The number of rotatable bonds is 8. The highest BCUT2D eigenvalue weighted by Gasteiger charge is 2.08. The van der Waals surface area contributed by atoms with Gasteiger partial charge in [0.15, 0.2) is 0 Å². The monoisotopic (exact) mass is 304 g/mol. The first-order valence-corrected chi connectivity index (χ1v) is 7.44. The van der Waals surface area contributed by atoms with Gasteiger partial charge >= 0.3 is 5.97 Å². The fraction of sp³-hybridized carbons (Fsp3) is 0.438. The SMILES string of the molecule is CC(=O)OCCCCCCn1ccc2cc([N+](=O)[O-])ccc21.